The summed E-state index contributed by atoms with van der Waals surface area (Å²) in [6.45, 7) is 4.95. The Bertz CT molecular complexity index is 1340. The zero-order chi connectivity index (χ0) is 57.8. The number of allylic oxidation sites excluding steroid dienone is 8. The molecule has 0 aromatic carbocycles. The van der Waals surface area contributed by atoms with Crippen molar-refractivity contribution in [2.24, 2.45) is 0 Å². The largest absolute Gasteiger partial charge is 0.466 e. The highest BCUT2D eigenvalue weighted by molar-refractivity contribution is 5.76. The number of aliphatic hydroxyl groups excluding tert-OH is 2. The lowest BCUT2D eigenvalue weighted by molar-refractivity contribution is -0.143. The fraction of sp³-hybridized carbons (Fsp3) is 0.865. The van der Waals surface area contributed by atoms with Crippen LogP contribution in [0.3, 0.4) is 0 Å². The number of carbonyl (C=O) groups excluding carboxylic acids is 2. The summed E-state index contributed by atoms with van der Waals surface area (Å²) in [7, 11) is 0. The average molecular weight is 1120 g/mol. The van der Waals surface area contributed by atoms with Gasteiger partial charge in [-0.3, -0.25) is 9.59 Å². The molecule has 2 atom stereocenters. The van der Waals surface area contributed by atoms with Gasteiger partial charge in [0.25, 0.3) is 0 Å². The van der Waals surface area contributed by atoms with Gasteiger partial charge in [-0.25, -0.2) is 0 Å². The van der Waals surface area contributed by atoms with E-state index in [1.54, 1.807) is 0 Å². The lowest BCUT2D eigenvalue weighted by atomic mass is 10.0. The molecule has 0 radical (unpaired) electrons. The first-order valence-corrected chi connectivity index (χ1v) is 35.9. The minimum absolute atomic E-state index is 0.00600. The van der Waals surface area contributed by atoms with E-state index in [2.05, 4.69) is 67.8 Å². The number of aliphatic hydroxyl groups is 2. The van der Waals surface area contributed by atoms with Crippen LogP contribution in [0.4, 0.5) is 0 Å². The predicted octanol–water partition coefficient (Wildman–Crippen LogP) is 23.3. The highest BCUT2D eigenvalue weighted by atomic mass is 16.5. The van der Waals surface area contributed by atoms with Crippen LogP contribution in [0, 0.1) is 0 Å². The summed E-state index contributed by atoms with van der Waals surface area (Å²) in [4.78, 5) is 24.6. The van der Waals surface area contributed by atoms with Gasteiger partial charge in [0.05, 0.1) is 25.4 Å². The molecule has 0 aromatic heterocycles. The molecule has 3 N–H and O–H groups in total. The van der Waals surface area contributed by atoms with Gasteiger partial charge in [0, 0.05) is 12.8 Å². The van der Waals surface area contributed by atoms with E-state index >= 15 is 0 Å². The number of nitrogens with one attached hydrogen (secondary N) is 1. The topological polar surface area (TPSA) is 95.9 Å². The van der Waals surface area contributed by atoms with E-state index in [1.807, 2.05) is 0 Å². The molecule has 0 heterocycles. The summed E-state index contributed by atoms with van der Waals surface area (Å²) in [5.74, 6) is -0.0479. The van der Waals surface area contributed by atoms with Crippen molar-refractivity contribution in [2.45, 2.75) is 398 Å². The van der Waals surface area contributed by atoms with Gasteiger partial charge in [-0.15, -0.1) is 0 Å². The fourth-order valence-corrected chi connectivity index (χ4v) is 11.1. The quantitative estimate of drug-likeness (QED) is 0.0320. The van der Waals surface area contributed by atoms with Crippen molar-refractivity contribution in [2.75, 3.05) is 13.2 Å². The molecule has 0 aliphatic rings. The molecule has 0 aromatic rings. The Balaban J connectivity index is 3.45. The third kappa shape index (κ3) is 65.0. The molecular weight excluding hydrogens is 983 g/mol. The Morgan fingerprint density at radius 2 is 0.625 bits per heavy atom. The van der Waals surface area contributed by atoms with Crippen LogP contribution < -0.4 is 5.32 Å². The average Bonchev–Trinajstić information content (AvgIpc) is 3.46. The van der Waals surface area contributed by atoms with E-state index in [4.69, 9.17) is 4.74 Å². The van der Waals surface area contributed by atoms with Crippen LogP contribution in [0.5, 0.6) is 0 Å². The Labute approximate surface area is 499 Å². The van der Waals surface area contributed by atoms with Crippen molar-refractivity contribution in [3.05, 3.63) is 48.6 Å². The lowest BCUT2D eigenvalue weighted by Crippen LogP contribution is -2.45. The second-order valence-electron chi connectivity index (χ2n) is 24.6. The Morgan fingerprint density at radius 3 is 0.963 bits per heavy atom. The molecular formula is C74H139NO5. The minimum Gasteiger partial charge on any atom is -0.466 e. The molecule has 6 heteroatoms. The number of hydrogen-bond donors (Lipinski definition) is 3. The number of hydrogen-bond acceptors (Lipinski definition) is 5. The summed E-state index contributed by atoms with van der Waals surface area (Å²) in [5.41, 5.74) is 0. The van der Waals surface area contributed by atoms with Gasteiger partial charge in [0.1, 0.15) is 0 Å². The van der Waals surface area contributed by atoms with Gasteiger partial charge in [0.2, 0.25) is 5.91 Å². The monoisotopic (exact) mass is 1120 g/mol. The molecule has 0 aliphatic heterocycles. The number of esters is 1. The van der Waals surface area contributed by atoms with Gasteiger partial charge in [0.15, 0.2) is 0 Å². The van der Waals surface area contributed by atoms with E-state index in [1.165, 1.54) is 289 Å². The lowest BCUT2D eigenvalue weighted by Gasteiger charge is -2.22. The maximum Gasteiger partial charge on any atom is 0.305 e. The molecule has 0 rings (SSSR count). The SMILES string of the molecule is CCCCCC/C=C\C/C=C\CCCCCCCC(=O)OCCCCCCCCCCC/C=C\C/C=C\CCCCCCCCCC(=O)NC(CO)C(O)CCCCCCCCCCCCCCCCCCCCCCCCCC. The molecule has 0 aliphatic carbocycles. The normalized spacial score (nSPS) is 12.8. The van der Waals surface area contributed by atoms with Crippen molar-refractivity contribution in [3.63, 3.8) is 0 Å². The van der Waals surface area contributed by atoms with Crippen molar-refractivity contribution in [1.29, 1.82) is 0 Å². The van der Waals surface area contributed by atoms with Crippen LogP contribution in [-0.4, -0.2) is 47.4 Å². The van der Waals surface area contributed by atoms with Gasteiger partial charge in [-0.1, -0.05) is 332 Å². The number of carbonyl (C=O) groups is 2. The van der Waals surface area contributed by atoms with Crippen LogP contribution in [0.2, 0.25) is 0 Å². The molecule has 0 bridgehead atoms. The van der Waals surface area contributed by atoms with Gasteiger partial charge in [-0.05, 0) is 89.9 Å². The molecule has 1 amide bonds. The highest BCUT2D eigenvalue weighted by Crippen LogP contribution is 2.18. The van der Waals surface area contributed by atoms with Gasteiger partial charge in [-0.2, -0.15) is 0 Å². The Morgan fingerprint density at radius 1 is 0.350 bits per heavy atom. The summed E-state index contributed by atoms with van der Waals surface area (Å²) in [6, 6.07) is -0.552. The zero-order valence-electron chi connectivity index (χ0n) is 53.8. The van der Waals surface area contributed by atoms with Crippen LogP contribution >= 0.6 is 0 Å². The van der Waals surface area contributed by atoms with Gasteiger partial charge < -0.3 is 20.3 Å². The van der Waals surface area contributed by atoms with Crippen LogP contribution in [0.1, 0.15) is 386 Å². The molecule has 0 saturated heterocycles. The molecule has 0 spiro atoms. The first-order chi connectivity index (χ1) is 39.5. The Kier molecular flexibility index (Phi) is 67.4. The predicted molar refractivity (Wildman–Crippen MR) is 352 cm³/mol. The molecule has 80 heavy (non-hydrogen) atoms. The van der Waals surface area contributed by atoms with Crippen molar-refractivity contribution >= 4 is 11.9 Å². The smallest absolute Gasteiger partial charge is 0.305 e. The molecule has 0 saturated carbocycles. The fourth-order valence-electron chi connectivity index (χ4n) is 11.1. The van der Waals surface area contributed by atoms with Crippen LogP contribution in [0.25, 0.3) is 0 Å². The Hall–Kier alpha value is -2.18. The number of ether oxygens (including phenoxy) is 1. The first-order valence-electron chi connectivity index (χ1n) is 35.9. The molecule has 6 nitrogen and oxygen atoms in total. The minimum atomic E-state index is -0.674. The van der Waals surface area contributed by atoms with E-state index in [9.17, 15) is 19.8 Å². The summed E-state index contributed by atoms with van der Waals surface area (Å²) >= 11 is 0. The summed E-state index contributed by atoms with van der Waals surface area (Å²) < 4.78 is 5.48. The maximum absolute atomic E-state index is 12.6. The van der Waals surface area contributed by atoms with E-state index in [0.29, 0.717) is 25.9 Å². The van der Waals surface area contributed by atoms with Crippen LogP contribution in [-0.2, 0) is 14.3 Å². The highest BCUT2D eigenvalue weighted by Gasteiger charge is 2.20. The van der Waals surface area contributed by atoms with E-state index < -0.39 is 12.1 Å². The first kappa shape index (κ1) is 77.8. The number of unbranched alkanes of at least 4 members (excludes halogenated alkanes) is 48. The standard InChI is InChI=1S/C74H139NO5/c1-3-5-7-9-11-13-15-17-19-21-22-23-24-26-29-32-35-38-42-46-50-54-58-62-66-72(77)71(70-76)75-73(78)67-63-59-55-51-47-43-39-36-33-30-27-25-28-31-34-37-41-45-49-53-57-61-65-69-80-74(79)68-64-60-56-52-48-44-40-20-18-16-14-12-10-8-6-4-2/h14,16,20,25,28,30,33,40,71-72,76-77H,3-13,15,17-19,21-24,26-27,29,31-32,34-39,41-70H2,1-2H3,(H,75,78)/b16-14-,28-25-,33-30-,40-20-. The summed E-state index contributed by atoms with van der Waals surface area (Å²) in [6.07, 6.45) is 90.1. The second kappa shape index (κ2) is 69.3. The maximum atomic E-state index is 12.6. The zero-order valence-corrected chi connectivity index (χ0v) is 53.8. The van der Waals surface area contributed by atoms with Crippen molar-refractivity contribution in [1.82, 2.24) is 5.32 Å². The molecule has 2 unspecified atom stereocenters. The second-order valence-corrected chi connectivity index (χ2v) is 24.6. The molecule has 0 fully saturated rings. The van der Waals surface area contributed by atoms with Crippen molar-refractivity contribution in [3.8, 4) is 0 Å². The van der Waals surface area contributed by atoms with Crippen LogP contribution in [0.15, 0.2) is 48.6 Å². The van der Waals surface area contributed by atoms with Crippen molar-refractivity contribution < 1.29 is 24.5 Å². The van der Waals surface area contributed by atoms with E-state index in [0.717, 1.165) is 64.2 Å². The third-order valence-electron chi connectivity index (χ3n) is 16.6. The number of amides is 1. The van der Waals surface area contributed by atoms with Gasteiger partial charge >= 0.3 is 5.97 Å². The third-order valence-corrected chi connectivity index (χ3v) is 16.6. The summed E-state index contributed by atoms with van der Waals surface area (Å²) in [5, 5.41) is 23.4. The number of rotatable bonds is 67. The van der Waals surface area contributed by atoms with E-state index in [-0.39, 0.29) is 18.5 Å². The molecule has 470 valence electrons.